The molecule has 0 saturated carbocycles. The molecule has 2 aliphatic rings. The number of anilines is 2. The molecule has 7 nitrogen and oxygen atoms in total. The number of fused-ring (bicyclic) bond motifs is 2. The van der Waals surface area contributed by atoms with Crippen LogP contribution in [0.2, 0.25) is 0 Å². The maximum atomic E-state index is 12.8. The Morgan fingerprint density at radius 1 is 1.17 bits per heavy atom. The number of carbonyl (C=O) groups excluding carboxylic acids is 2. The molecule has 0 aliphatic carbocycles. The van der Waals surface area contributed by atoms with E-state index in [2.05, 4.69) is 16.4 Å². The number of carbonyl (C=O) groups is 2. The first kappa shape index (κ1) is 17.9. The molecule has 1 saturated heterocycles. The van der Waals surface area contributed by atoms with Gasteiger partial charge in [0, 0.05) is 24.7 Å². The standard InChI is InChI=1S/C21H19N3O4S/c1-11-3-4-12(2)19-18(11)22-21(29-19)23-20(26)13-7-17(25)24(9-13)14-5-6-15-16(8-14)28-10-27-15/h3-6,8,13H,7,9-10H2,1-2H3,(H,22,23,26). The number of amides is 2. The van der Waals surface area contributed by atoms with E-state index in [1.807, 2.05) is 26.0 Å². The summed E-state index contributed by atoms with van der Waals surface area (Å²) in [4.78, 5) is 31.5. The van der Waals surface area contributed by atoms with Crippen molar-refractivity contribution in [2.24, 2.45) is 5.92 Å². The predicted molar refractivity (Wildman–Crippen MR) is 111 cm³/mol. The van der Waals surface area contributed by atoms with Crippen LogP contribution in [0, 0.1) is 19.8 Å². The maximum absolute atomic E-state index is 12.8. The molecule has 1 aromatic heterocycles. The van der Waals surface area contributed by atoms with Crippen molar-refractivity contribution in [1.29, 1.82) is 0 Å². The lowest BCUT2D eigenvalue weighted by Gasteiger charge is -2.17. The van der Waals surface area contributed by atoms with Crippen molar-refractivity contribution < 1.29 is 19.1 Å². The van der Waals surface area contributed by atoms with Gasteiger partial charge in [-0.2, -0.15) is 0 Å². The lowest BCUT2D eigenvalue weighted by atomic mass is 10.1. The van der Waals surface area contributed by atoms with Crippen LogP contribution in [0.1, 0.15) is 17.5 Å². The number of thiazole rings is 1. The molecule has 2 amide bonds. The molecule has 3 heterocycles. The third kappa shape index (κ3) is 3.09. The summed E-state index contributed by atoms with van der Waals surface area (Å²) in [5.74, 6) is 0.581. The first-order valence-electron chi connectivity index (χ1n) is 9.37. The zero-order valence-corrected chi connectivity index (χ0v) is 16.8. The molecule has 0 spiro atoms. The first-order valence-corrected chi connectivity index (χ1v) is 10.2. The summed E-state index contributed by atoms with van der Waals surface area (Å²) in [5.41, 5.74) is 3.83. The number of nitrogens with zero attached hydrogens (tertiary/aromatic N) is 2. The van der Waals surface area contributed by atoms with E-state index in [-0.39, 0.29) is 25.0 Å². The van der Waals surface area contributed by atoms with Crippen LogP contribution in [0.5, 0.6) is 11.5 Å². The number of aromatic nitrogens is 1. The average molecular weight is 409 g/mol. The van der Waals surface area contributed by atoms with Crippen LogP contribution in [-0.2, 0) is 9.59 Å². The molecular weight excluding hydrogens is 390 g/mol. The van der Waals surface area contributed by atoms with E-state index >= 15 is 0 Å². The molecule has 1 N–H and O–H groups in total. The highest BCUT2D eigenvalue weighted by molar-refractivity contribution is 7.22. The Kier molecular flexibility index (Phi) is 4.16. The second-order valence-corrected chi connectivity index (χ2v) is 8.33. The van der Waals surface area contributed by atoms with E-state index < -0.39 is 5.92 Å². The van der Waals surface area contributed by atoms with Crippen molar-refractivity contribution in [2.75, 3.05) is 23.6 Å². The number of hydrogen-bond acceptors (Lipinski definition) is 6. The highest BCUT2D eigenvalue weighted by Gasteiger charge is 2.36. The fourth-order valence-electron chi connectivity index (χ4n) is 3.71. The largest absolute Gasteiger partial charge is 0.454 e. The van der Waals surface area contributed by atoms with Crippen molar-refractivity contribution in [2.45, 2.75) is 20.3 Å². The van der Waals surface area contributed by atoms with Crippen LogP contribution in [0.15, 0.2) is 30.3 Å². The number of hydrogen-bond donors (Lipinski definition) is 1. The second-order valence-electron chi connectivity index (χ2n) is 7.33. The number of nitrogens with one attached hydrogen (secondary N) is 1. The van der Waals surface area contributed by atoms with Crippen molar-refractivity contribution in [1.82, 2.24) is 4.98 Å². The molecule has 1 atom stereocenters. The van der Waals surface area contributed by atoms with Gasteiger partial charge in [-0.3, -0.25) is 9.59 Å². The topological polar surface area (TPSA) is 80.8 Å². The Hall–Kier alpha value is -3.13. The van der Waals surface area contributed by atoms with Gasteiger partial charge >= 0.3 is 0 Å². The second kappa shape index (κ2) is 6.73. The number of aryl methyl sites for hydroxylation is 2. The monoisotopic (exact) mass is 409 g/mol. The van der Waals surface area contributed by atoms with E-state index in [1.165, 1.54) is 11.3 Å². The summed E-state index contributed by atoms with van der Waals surface area (Å²) in [5, 5.41) is 3.47. The van der Waals surface area contributed by atoms with Gasteiger partial charge in [-0.15, -0.1) is 0 Å². The smallest absolute Gasteiger partial charge is 0.231 e. The Bertz CT molecular complexity index is 1120. The SMILES string of the molecule is Cc1ccc(C)c2sc(NC(=O)C3CC(=O)N(c4ccc5c(c4)OCO5)C3)nc12. The van der Waals surface area contributed by atoms with Gasteiger partial charge < -0.3 is 19.7 Å². The Labute approximate surface area is 171 Å². The summed E-state index contributed by atoms with van der Waals surface area (Å²) in [6.07, 6.45) is 0.170. The molecule has 1 unspecified atom stereocenters. The van der Waals surface area contributed by atoms with E-state index in [0.29, 0.717) is 28.9 Å². The van der Waals surface area contributed by atoms with Crippen molar-refractivity contribution in [3.05, 3.63) is 41.5 Å². The molecule has 29 heavy (non-hydrogen) atoms. The number of ether oxygens (including phenoxy) is 2. The average Bonchev–Trinajstić information content (AvgIpc) is 3.42. The summed E-state index contributed by atoms with van der Waals surface area (Å²) in [7, 11) is 0. The minimum absolute atomic E-state index is 0.0833. The summed E-state index contributed by atoms with van der Waals surface area (Å²) in [6.45, 7) is 4.54. The molecule has 2 aromatic carbocycles. The van der Waals surface area contributed by atoms with Gasteiger partial charge in [0.15, 0.2) is 16.6 Å². The normalized spacial score (nSPS) is 17.9. The Balaban J connectivity index is 1.33. The number of rotatable bonds is 3. The van der Waals surface area contributed by atoms with Crippen LogP contribution in [0.4, 0.5) is 10.8 Å². The zero-order valence-electron chi connectivity index (χ0n) is 16.0. The molecule has 2 aliphatic heterocycles. The molecule has 148 valence electrons. The Morgan fingerprint density at radius 3 is 2.79 bits per heavy atom. The highest BCUT2D eigenvalue weighted by atomic mass is 32.1. The quantitative estimate of drug-likeness (QED) is 0.714. The summed E-state index contributed by atoms with van der Waals surface area (Å²) >= 11 is 1.46. The van der Waals surface area contributed by atoms with Gasteiger partial charge in [0.1, 0.15) is 0 Å². The molecule has 0 radical (unpaired) electrons. The first-order chi connectivity index (χ1) is 14.0. The third-order valence-electron chi connectivity index (χ3n) is 5.34. The zero-order chi connectivity index (χ0) is 20.1. The van der Waals surface area contributed by atoms with Crippen molar-refractivity contribution in [3.8, 4) is 11.5 Å². The van der Waals surface area contributed by atoms with Gasteiger partial charge in [-0.05, 0) is 37.1 Å². The van der Waals surface area contributed by atoms with E-state index in [1.54, 1.807) is 17.0 Å². The summed E-state index contributed by atoms with van der Waals surface area (Å²) < 4.78 is 11.8. The van der Waals surface area contributed by atoms with Gasteiger partial charge in [-0.25, -0.2) is 4.98 Å². The fourth-order valence-corrected chi connectivity index (χ4v) is 4.72. The Morgan fingerprint density at radius 2 is 1.97 bits per heavy atom. The minimum atomic E-state index is -0.429. The van der Waals surface area contributed by atoms with E-state index in [9.17, 15) is 9.59 Å². The van der Waals surface area contributed by atoms with Crippen LogP contribution < -0.4 is 19.7 Å². The van der Waals surface area contributed by atoms with Crippen molar-refractivity contribution >= 4 is 44.2 Å². The van der Waals surface area contributed by atoms with Gasteiger partial charge in [0.2, 0.25) is 18.6 Å². The van der Waals surface area contributed by atoms with E-state index in [0.717, 1.165) is 21.3 Å². The third-order valence-corrected chi connectivity index (χ3v) is 6.44. The lowest BCUT2D eigenvalue weighted by molar-refractivity contribution is -0.122. The van der Waals surface area contributed by atoms with Crippen molar-refractivity contribution in [3.63, 3.8) is 0 Å². The summed E-state index contributed by atoms with van der Waals surface area (Å²) in [6, 6.07) is 9.46. The van der Waals surface area contributed by atoms with E-state index in [4.69, 9.17) is 9.47 Å². The molecular formula is C21H19N3O4S. The van der Waals surface area contributed by atoms with Crippen LogP contribution in [0.25, 0.3) is 10.2 Å². The molecule has 3 aromatic rings. The molecule has 5 rings (SSSR count). The van der Waals surface area contributed by atoms with Gasteiger partial charge in [0.25, 0.3) is 0 Å². The fraction of sp³-hybridized carbons (Fsp3) is 0.286. The van der Waals surface area contributed by atoms with Crippen LogP contribution in [0.3, 0.4) is 0 Å². The van der Waals surface area contributed by atoms with Crippen LogP contribution in [-0.4, -0.2) is 30.1 Å². The van der Waals surface area contributed by atoms with Crippen LogP contribution >= 0.6 is 11.3 Å². The minimum Gasteiger partial charge on any atom is -0.454 e. The maximum Gasteiger partial charge on any atom is 0.231 e. The number of benzene rings is 2. The van der Waals surface area contributed by atoms with Gasteiger partial charge in [-0.1, -0.05) is 23.5 Å². The molecule has 8 heteroatoms. The predicted octanol–water partition coefficient (Wildman–Crippen LogP) is 3.63. The molecule has 0 bridgehead atoms. The highest BCUT2D eigenvalue weighted by Crippen LogP contribution is 2.37. The molecule has 1 fully saturated rings. The lowest BCUT2D eigenvalue weighted by Crippen LogP contribution is -2.28. The van der Waals surface area contributed by atoms with Gasteiger partial charge in [0.05, 0.1) is 16.1 Å².